The second kappa shape index (κ2) is 6.74. The van der Waals surface area contributed by atoms with Crippen LogP contribution in [0.3, 0.4) is 0 Å². The Morgan fingerprint density at radius 2 is 1.81 bits per heavy atom. The van der Waals surface area contributed by atoms with Crippen molar-refractivity contribution < 1.29 is 19.0 Å². The van der Waals surface area contributed by atoms with E-state index in [0.717, 1.165) is 25.7 Å². The smallest absolute Gasteiger partial charge is 0.431 e. The van der Waals surface area contributed by atoms with E-state index in [1.807, 2.05) is 13.8 Å². The standard InChI is InChI=1S/C12H22O4/c1-9(2)11(14-3)16-12(13)15-10-7-5-4-6-8-10/h9-11H,4-8H2,1-3H3. The van der Waals surface area contributed by atoms with E-state index >= 15 is 0 Å². The minimum absolute atomic E-state index is 0.0333. The van der Waals surface area contributed by atoms with Gasteiger partial charge in [-0.1, -0.05) is 20.3 Å². The molecule has 94 valence electrons. The first-order chi connectivity index (χ1) is 7.63. The quantitative estimate of drug-likeness (QED) is 0.550. The van der Waals surface area contributed by atoms with Gasteiger partial charge in [0.1, 0.15) is 6.10 Å². The third-order valence-corrected chi connectivity index (χ3v) is 2.80. The average Bonchev–Trinajstić information content (AvgIpc) is 2.27. The number of hydrogen-bond donors (Lipinski definition) is 0. The number of carbonyl (C=O) groups excluding carboxylic acids is 1. The van der Waals surface area contributed by atoms with Crippen molar-refractivity contribution in [2.75, 3.05) is 7.11 Å². The largest absolute Gasteiger partial charge is 0.510 e. The predicted octanol–water partition coefficient (Wildman–Crippen LogP) is 3.10. The van der Waals surface area contributed by atoms with Crippen molar-refractivity contribution in [3.63, 3.8) is 0 Å². The summed E-state index contributed by atoms with van der Waals surface area (Å²) in [4.78, 5) is 11.5. The molecule has 1 atom stereocenters. The van der Waals surface area contributed by atoms with Crippen LogP contribution in [0, 0.1) is 5.92 Å². The maximum atomic E-state index is 11.5. The molecule has 1 rings (SSSR count). The van der Waals surface area contributed by atoms with Gasteiger partial charge in [-0.25, -0.2) is 4.79 Å². The Hall–Kier alpha value is -0.770. The molecule has 1 fully saturated rings. The van der Waals surface area contributed by atoms with E-state index in [9.17, 15) is 4.79 Å². The van der Waals surface area contributed by atoms with Crippen molar-refractivity contribution in [2.24, 2.45) is 5.92 Å². The Labute approximate surface area is 97.2 Å². The molecule has 0 aliphatic heterocycles. The van der Waals surface area contributed by atoms with E-state index < -0.39 is 12.4 Å². The molecule has 4 heteroatoms. The van der Waals surface area contributed by atoms with Crippen LogP contribution in [0.25, 0.3) is 0 Å². The van der Waals surface area contributed by atoms with Gasteiger partial charge in [0, 0.05) is 13.0 Å². The summed E-state index contributed by atoms with van der Waals surface area (Å²) in [6.07, 6.45) is 4.32. The topological polar surface area (TPSA) is 44.8 Å². The average molecular weight is 230 g/mol. The van der Waals surface area contributed by atoms with E-state index in [2.05, 4.69) is 0 Å². The number of methoxy groups -OCH3 is 1. The maximum Gasteiger partial charge on any atom is 0.510 e. The van der Waals surface area contributed by atoms with Crippen molar-refractivity contribution in [3.8, 4) is 0 Å². The van der Waals surface area contributed by atoms with E-state index in [1.54, 1.807) is 0 Å². The maximum absolute atomic E-state index is 11.5. The van der Waals surface area contributed by atoms with E-state index in [4.69, 9.17) is 14.2 Å². The first kappa shape index (κ1) is 13.3. The fourth-order valence-corrected chi connectivity index (χ4v) is 1.90. The van der Waals surface area contributed by atoms with Crippen LogP contribution in [-0.4, -0.2) is 25.7 Å². The fraction of sp³-hybridized carbons (Fsp3) is 0.917. The highest BCUT2D eigenvalue weighted by atomic mass is 16.8. The van der Waals surface area contributed by atoms with Crippen molar-refractivity contribution in [2.45, 2.75) is 58.3 Å². The summed E-state index contributed by atoms with van der Waals surface area (Å²) in [5, 5.41) is 0. The fourth-order valence-electron chi connectivity index (χ4n) is 1.90. The molecular formula is C12H22O4. The van der Waals surface area contributed by atoms with Crippen molar-refractivity contribution in [1.82, 2.24) is 0 Å². The van der Waals surface area contributed by atoms with Gasteiger partial charge in [0.25, 0.3) is 0 Å². The first-order valence-electron chi connectivity index (χ1n) is 6.03. The van der Waals surface area contributed by atoms with E-state index in [0.29, 0.717) is 0 Å². The molecule has 0 aromatic heterocycles. The van der Waals surface area contributed by atoms with Crippen LogP contribution in [0.2, 0.25) is 0 Å². The van der Waals surface area contributed by atoms with Crippen LogP contribution in [-0.2, 0) is 14.2 Å². The zero-order valence-corrected chi connectivity index (χ0v) is 10.4. The predicted molar refractivity (Wildman–Crippen MR) is 60.1 cm³/mol. The molecule has 16 heavy (non-hydrogen) atoms. The summed E-state index contributed by atoms with van der Waals surface area (Å²) < 4.78 is 15.4. The van der Waals surface area contributed by atoms with Gasteiger partial charge >= 0.3 is 6.16 Å². The first-order valence-corrected chi connectivity index (χ1v) is 6.03. The second-order valence-corrected chi connectivity index (χ2v) is 4.59. The Kier molecular flexibility index (Phi) is 5.60. The van der Waals surface area contributed by atoms with Crippen LogP contribution >= 0.6 is 0 Å². The van der Waals surface area contributed by atoms with Crippen molar-refractivity contribution >= 4 is 6.16 Å². The molecule has 1 unspecified atom stereocenters. The molecule has 0 bridgehead atoms. The Morgan fingerprint density at radius 1 is 1.19 bits per heavy atom. The molecule has 4 nitrogen and oxygen atoms in total. The third kappa shape index (κ3) is 4.39. The highest BCUT2D eigenvalue weighted by Gasteiger charge is 2.22. The Morgan fingerprint density at radius 3 is 2.31 bits per heavy atom. The number of hydrogen-bond acceptors (Lipinski definition) is 4. The number of rotatable bonds is 4. The molecule has 0 amide bonds. The van der Waals surface area contributed by atoms with Gasteiger partial charge in [-0.05, 0) is 25.7 Å². The summed E-state index contributed by atoms with van der Waals surface area (Å²) in [6, 6.07) is 0. The molecule has 0 N–H and O–H groups in total. The molecule has 0 aromatic carbocycles. The van der Waals surface area contributed by atoms with Crippen LogP contribution < -0.4 is 0 Å². The van der Waals surface area contributed by atoms with Gasteiger partial charge in [-0.15, -0.1) is 0 Å². The van der Waals surface area contributed by atoms with Crippen LogP contribution in [0.5, 0.6) is 0 Å². The highest BCUT2D eigenvalue weighted by molar-refractivity contribution is 5.60. The second-order valence-electron chi connectivity index (χ2n) is 4.59. The summed E-state index contributed by atoms with van der Waals surface area (Å²) in [5.74, 6) is 0.129. The summed E-state index contributed by atoms with van der Waals surface area (Å²) in [7, 11) is 1.53. The molecule has 0 radical (unpaired) electrons. The lowest BCUT2D eigenvalue weighted by Gasteiger charge is -2.24. The third-order valence-electron chi connectivity index (χ3n) is 2.80. The molecule has 1 saturated carbocycles. The minimum atomic E-state index is -0.604. The van der Waals surface area contributed by atoms with Gasteiger partial charge < -0.3 is 14.2 Å². The van der Waals surface area contributed by atoms with Gasteiger partial charge in [-0.2, -0.15) is 0 Å². The van der Waals surface area contributed by atoms with Gasteiger partial charge in [0.15, 0.2) is 0 Å². The normalized spacial score (nSPS) is 19.5. The number of carbonyl (C=O) groups is 1. The van der Waals surface area contributed by atoms with Crippen LogP contribution in [0.15, 0.2) is 0 Å². The van der Waals surface area contributed by atoms with Gasteiger partial charge in [-0.3, -0.25) is 0 Å². The summed E-state index contributed by atoms with van der Waals surface area (Å²) in [5.41, 5.74) is 0. The van der Waals surface area contributed by atoms with Gasteiger partial charge in [0.2, 0.25) is 6.29 Å². The summed E-state index contributed by atoms with van der Waals surface area (Å²) >= 11 is 0. The molecule has 0 spiro atoms. The lowest BCUT2D eigenvalue weighted by atomic mass is 9.98. The molecule has 1 aliphatic carbocycles. The van der Waals surface area contributed by atoms with Crippen molar-refractivity contribution in [3.05, 3.63) is 0 Å². The lowest BCUT2D eigenvalue weighted by molar-refractivity contribution is -0.133. The zero-order chi connectivity index (χ0) is 12.0. The Balaban J connectivity index is 2.28. The molecule has 0 aromatic rings. The number of ether oxygens (including phenoxy) is 3. The molecule has 1 aliphatic rings. The van der Waals surface area contributed by atoms with Crippen molar-refractivity contribution in [1.29, 1.82) is 0 Å². The molecule has 0 heterocycles. The van der Waals surface area contributed by atoms with E-state index in [1.165, 1.54) is 13.5 Å². The monoisotopic (exact) mass is 230 g/mol. The Bertz CT molecular complexity index is 209. The SMILES string of the molecule is COC(OC(=O)OC1CCCCC1)C(C)C. The van der Waals surface area contributed by atoms with Crippen LogP contribution in [0.4, 0.5) is 4.79 Å². The van der Waals surface area contributed by atoms with Crippen LogP contribution in [0.1, 0.15) is 46.0 Å². The zero-order valence-electron chi connectivity index (χ0n) is 10.4. The molecular weight excluding hydrogens is 208 g/mol. The highest BCUT2D eigenvalue weighted by Crippen LogP contribution is 2.21. The lowest BCUT2D eigenvalue weighted by Crippen LogP contribution is -2.29. The summed E-state index contributed by atoms with van der Waals surface area (Å²) in [6.45, 7) is 3.87. The van der Waals surface area contributed by atoms with Gasteiger partial charge in [0.05, 0.1) is 0 Å². The minimum Gasteiger partial charge on any atom is -0.431 e. The molecule has 0 saturated heterocycles. The van der Waals surface area contributed by atoms with E-state index in [-0.39, 0.29) is 12.0 Å².